The standard InChI is InChI=1S/C31H33Cl2N7O3/c1-38(2)30(42)27(14-19-5-4-6-23(13-19)43-24-17-21(32)16-22(33)18-24)35-29(41)20-7-8-25-26(15-20)36-31(34)37-28(25)40-11-9-39(3)10-12-40/h4-8,13,15-18,27H,9-12,14H2,1-3H3,(H,35,41)(H2,34,36,37). The third kappa shape index (κ3) is 7.45. The van der Waals surface area contributed by atoms with Crippen LogP contribution >= 0.6 is 23.2 Å². The number of carbonyl (C=O) groups excluding carboxylic acids is 2. The molecule has 3 aromatic carbocycles. The maximum atomic E-state index is 13.5. The van der Waals surface area contributed by atoms with E-state index in [9.17, 15) is 9.59 Å². The predicted octanol–water partition coefficient (Wildman–Crippen LogP) is 4.49. The van der Waals surface area contributed by atoms with Gasteiger partial charge in [0, 0.05) is 67.7 Å². The van der Waals surface area contributed by atoms with Crippen molar-refractivity contribution >= 4 is 57.7 Å². The number of nitrogens with zero attached hydrogens (tertiary/aromatic N) is 5. The Morgan fingerprint density at radius 1 is 0.977 bits per heavy atom. The average Bonchev–Trinajstić information content (AvgIpc) is 2.95. The van der Waals surface area contributed by atoms with Crippen LogP contribution in [0.1, 0.15) is 15.9 Å². The number of nitrogens with one attached hydrogen (secondary N) is 1. The number of amides is 2. The molecule has 0 radical (unpaired) electrons. The summed E-state index contributed by atoms with van der Waals surface area (Å²) < 4.78 is 5.95. The van der Waals surface area contributed by atoms with Crippen LogP contribution in [0, 0.1) is 0 Å². The van der Waals surface area contributed by atoms with Crippen molar-refractivity contribution in [1.82, 2.24) is 25.1 Å². The highest BCUT2D eigenvalue weighted by atomic mass is 35.5. The molecule has 0 bridgehead atoms. The molecule has 1 saturated heterocycles. The van der Waals surface area contributed by atoms with Crippen molar-refractivity contribution in [2.45, 2.75) is 12.5 Å². The molecule has 1 atom stereocenters. The second kappa shape index (κ2) is 13.0. The lowest BCUT2D eigenvalue weighted by Gasteiger charge is -2.33. The minimum absolute atomic E-state index is 0.141. The number of carbonyl (C=O) groups is 2. The maximum absolute atomic E-state index is 13.5. The predicted molar refractivity (Wildman–Crippen MR) is 170 cm³/mol. The first-order chi connectivity index (χ1) is 20.5. The summed E-state index contributed by atoms with van der Waals surface area (Å²) in [5.41, 5.74) is 7.79. The van der Waals surface area contributed by atoms with Crippen molar-refractivity contribution in [2.75, 3.05) is 58.0 Å². The fourth-order valence-electron chi connectivity index (χ4n) is 4.98. The minimum atomic E-state index is -0.828. The fraction of sp³-hybridized carbons (Fsp3) is 0.290. The Balaban J connectivity index is 1.36. The fourth-order valence-corrected chi connectivity index (χ4v) is 5.49. The number of benzene rings is 3. The summed E-state index contributed by atoms with van der Waals surface area (Å²) >= 11 is 12.2. The zero-order valence-electron chi connectivity index (χ0n) is 24.2. The van der Waals surface area contributed by atoms with Gasteiger partial charge in [0.25, 0.3) is 5.91 Å². The Morgan fingerprint density at radius 2 is 1.70 bits per heavy atom. The van der Waals surface area contributed by atoms with Crippen LogP contribution in [-0.4, -0.2) is 84.9 Å². The first kappa shape index (κ1) is 30.3. The monoisotopic (exact) mass is 621 g/mol. The number of likely N-dealkylation sites (N-methyl/N-ethyl adjacent to an activating group) is 2. The number of fused-ring (bicyclic) bond motifs is 1. The molecule has 0 spiro atoms. The van der Waals surface area contributed by atoms with Gasteiger partial charge in [-0.2, -0.15) is 4.98 Å². The summed E-state index contributed by atoms with van der Waals surface area (Å²) in [5, 5.41) is 4.64. The number of aromatic nitrogens is 2. The molecule has 0 saturated carbocycles. The highest BCUT2D eigenvalue weighted by Gasteiger charge is 2.25. The molecule has 1 aliphatic rings. The van der Waals surface area contributed by atoms with Gasteiger partial charge in [-0.1, -0.05) is 35.3 Å². The van der Waals surface area contributed by atoms with Gasteiger partial charge in [0.2, 0.25) is 11.9 Å². The van der Waals surface area contributed by atoms with E-state index in [2.05, 4.69) is 32.1 Å². The Bertz CT molecular complexity index is 1640. The molecule has 1 unspecified atom stereocenters. The molecule has 1 aliphatic heterocycles. The molecule has 224 valence electrons. The molecule has 1 aromatic heterocycles. The molecule has 2 amide bonds. The number of nitrogen functional groups attached to an aromatic ring is 1. The van der Waals surface area contributed by atoms with Gasteiger partial charge in [0.15, 0.2) is 0 Å². The van der Waals surface area contributed by atoms with E-state index in [4.69, 9.17) is 33.7 Å². The highest BCUT2D eigenvalue weighted by molar-refractivity contribution is 6.34. The number of nitrogens with two attached hydrogens (primary N) is 1. The van der Waals surface area contributed by atoms with Crippen molar-refractivity contribution in [3.8, 4) is 11.5 Å². The van der Waals surface area contributed by atoms with Crippen molar-refractivity contribution in [1.29, 1.82) is 0 Å². The second-order valence-corrected chi connectivity index (χ2v) is 11.6. The minimum Gasteiger partial charge on any atom is -0.457 e. The molecule has 2 heterocycles. The Morgan fingerprint density at radius 3 is 2.40 bits per heavy atom. The second-order valence-electron chi connectivity index (χ2n) is 10.7. The van der Waals surface area contributed by atoms with Gasteiger partial charge in [0.05, 0.1) is 5.52 Å². The summed E-state index contributed by atoms with van der Waals surface area (Å²) in [6.07, 6.45) is 0.243. The van der Waals surface area contributed by atoms with Gasteiger partial charge in [-0.15, -0.1) is 0 Å². The molecule has 10 nitrogen and oxygen atoms in total. The summed E-state index contributed by atoms with van der Waals surface area (Å²) in [4.78, 5) is 41.4. The van der Waals surface area contributed by atoms with E-state index in [1.165, 1.54) is 4.90 Å². The van der Waals surface area contributed by atoms with Crippen LogP contribution in [0.2, 0.25) is 10.0 Å². The largest absolute Gasteiger partial charge is 0.457 e. The van der Waals surface area contributed by atoms with Gasteiger partial charge >= 0.3 is 0 Å². The zero-order valence-corrected chi connectivity index (χ0v) is 25.7. The smallest absolute Gasteiger partial charge is 0.252 e. The van der Waals surface area contributed by atoms with Crippen molar-refractivity contribution < 1.29 is 14.3 Å². The maximum Gasteiger partial charge on any atom is 0.252 e. The van der Waals surface area contributed by atoms with Crippen LogP contribution < -0.4 is 20.7 Å². The third-order valence-electron chi connectivity index (χ3n) is 7.21. The van der Waals surface area contributed by atoms with E-state index in [1.807, 2.05) is 24.3 Å². The van der Waals surface area contributed by atoms with E-state index in [0.717, 1.165) is 42.9 Å². The molecule has 4 aromatic rings. The van der Waals surface area contributed by atoms with Gasteiger partial charge in [-0.05, 0) is 61.1 Å². The normalized spacial score (nSPS) is 14.4. The Labute approximate surface area is 260 Å². The molecule has 3 N–H and O–H groups in total. The molecule has 0 aliphatic carbocycles. The van der Waals surface area contributed by atoms with Crippen LogP contribution in [0.4, 0.5) is 11.8 Å². The van der Waals surface area contributed by atoms with Crippen LogP contribution in [0.15, 0.2) is 60.7 Å². The highest BCUT2D eigenvalue weighted by Crippen LogP contribution is 2.29. The summed E-state index contributed by atoms with van der Waals surface area (Å²) in [5.74, 6) is 1.28. The lowest BCUT2D eigenvalue weighted by molar-refractivity contribution is -0.130. The summed E-state index contributed by atoms with van der Waals surface area (Å²) in [7, 11) is 5.39. The Kier molecular flexibility index (Phi) is 9.19. The third-order valence-corrected chi connectivity index (χ3v) is 7.65. The number of ether oxygens (including phenoxy) is 1. The number of rotatable bonds is 8. The van der Waals surface area contributed by atoms with E-state index in [0.29, 0.717) is 32.6 Å². The Hall–Kier alpha value is -4.12. The van der Waals surface area contributed by atoms with E-state index in [1.54, 1.807) is 50.5 Å². The first-order valence-corrected chi connectivity index (χ1v) is 14.6. The van der Waals surface area contributed by atoms with Crippen molar-refractivity contribution in [3.63, 3.8) is 0 Å². The quantitative estimate of drug-likeness (QED) is 0.295. The van der Waals surface area contributed by atoms with E-state index >= 15 is 0 Å². The molecule has 1 fully saturated rings. The van der Waals surface area contributed by atoms with Crippen LogP contribution in [0.5, 0.6) is 11.5 Å². The van der Waals surface area contributed by atoms with Crippen molar-refractivity contribution in [3.05, 3.63) is 81.8 Å². The van der Waals surface area contributed by atoms with Crippen molar-refractivity contribution in [2.24, 2.45) is 0 Å². The van der Waals surface area contributed by atoms with Gasteiger partial charge < -0.3 is 30.5 Å². The first-order valence-electron chi connectivity index (χ1n) is 13.8. The molecule has 5 rings (SSSR count). The molecular weight excluding hydrogens is 589 g/mol. The number of hydrogen-bond acceptors (Lipinski definition) is 8. The number of hydrogen-bond donors (Lipinski definition) is 2. The number of piperazine rings is 1. The lowest BCUT2D eigenvalue weighted by Crippen LogP contribution is -2.47. The van der Waals surface area contributed by atoms with Gasteiger partial charge in [-0.3, -0.25) is 9.59 Å². The number of anilines is 2. The lowest BCUT2D eigenvalue weighted by atomic mass is 10.0. The SMILES string of the molecule is CN1CCN(c2nc(N)nc3cc(C(=O)NC(Cc4cccc(Oc5cc(Cl)cc(Cl)c5)c4)C(=O)N(C)C)ccc23)CC1. The van der Waals surface area contributed by atoms with E-state index < -0.39 is 11.9 Å². The molecular formula is C31H33Cl2N7O3. The van der Waals surface area contributed by atoms with Gasteiger partial charge in [0.1, 0.15) is 23.4 Å². The zero-order chi connectivity index (χ0) is 30.7. The van der Waals surface area contributed by atoms with Crippen LogP contribution in [0.25, 0.3) is 10.9 Å². The van der Waals surface area contributed by atoms with E-state index in [-0.39, 0.29) is 18.3 Å². The number of halogens is 2. The average molecular weight is 623 g/mol. The van der Waals surface area contributed by atoms with Crippen LogP contribution in [0.3, 0.4) is 0 Å². The summed E-state index contributed by atoms with van der Waals surface area (Å²) in [6.45, 7) is 3.46. The molecule has 43 heavy (non-hydrogen) atoms. The topological polar surface area (TPSA) is 117 Å². The van der Waals surface area contributed by atoms with Crippen LogP contribution in [-0.2, 0) is 11.2 Å². The molecule has 12 heteroatoms. The summed E-state index contributed by atoms with van der Waals surface area (Å²) in [6, 6.07) is 16.7. The van der Waals surface area contributed by atoms with Gasteiger partial charge in [-0.25, -0.2) is 4.98 Å².